The number of aryl methyl sites for hydroxylation is 1. The van der Waals surface area contributed by atoms with Crippen LogP contribution in [0.15, 0.2) is 42.5 Å². The molecule has 0 amide bonds. The van der Waals surface area contributed by atoms with Crippen LogP contribution < -0.4 is 10.1 Å². The first kappa shape index (κ1) is 16.0. The van der Waals surface area contributed by atoms with Gasteiger partial charge in [-0.25, -0.2) is 0 Å². The van der Waals surface area contributed by atoms with E-state index >= 15 is 0 Å². The minimum absolute atomic E-state index is 0.177. The summed E-state index contributed by atoms with van der Waals surface area (Å²) in [5, 5.41) is 14.0. The second kappa shape index (κ2) is 7.55. The van der Waals surface area contributed by atoms with E-state index in [1.165, 1.54) is 5.56 Å². The lowest BCUT2D eigenvalue weighted by Gasteiger charge is -2.14. The minimum atomic E-state index is -0.624. The normalized spacial score (nSPS) is 12.0. The number of nitrogens with one attached hydrogen (secondary N) is 1. The second-order valence-corrected chi connectivity index (χ2v) is 5.60. The second-order valence-electron chi connectivity index (χ2n) is 4.79. The molecule has 0 aliphatic heterocycles. The average molecular weight is 326 g/mol. The molecule has 0 bridgehead atoms. The van der Waals surface area contributed by atoms with E-state index in [1.54, 1.807) is 18.2 Å². The fourth-order valence-electron chi connectivity index (χ4n) is 1.73. The Morgan fingerprint density at radius 2 is 1.81 bits per heavy atom. The number of anilines is 1. The van der Waals surface area contributed by atoms with E-state index in [1.807, 2.05) is 31.2 Å². The first-order valence-corrected chi connectivity index (χ1v) is 7.36. The summed E-state index contributed by atoms with van der Waals surface area (Å²) in [5.41, 5.74) is 2.17. The molecule has 2 N–H and O–H groups in total. The molecule has 21 heavy (non-hydrogen) atoms. The molecule has 0 saturated carbocycles. The summed E-state index contributed by atoms with van der Waals surface area (Å²) in [5.74, 6) is 0.582. The van der Waals surface area contributed by atoms with Gasteiger partial charge in [0, 0.05) is 18.3 Å². The highest BCUT2D eigenvalue weighted by Gasteiger charge is 2.06. The van der Waals surface area contributed by atoms with Gasteiger partial charge < -0.3 is 15.2 Å². The van der Waals surface area contributed by atoms with Crippen LogP contribution in [0.2, 0.25) is 10.0 Å². The van der Waals surface area contributed by atoms with Crippen LogP contribution in [-0.4, -0.2) is 24.4 Å². The zero-order valence-electron chi connectivity index (χ0n) is 11.6. The first-order valence-electron chi connectivity index (χ1n) is 6.61. The van der Waals surface area contributed by atoms with Crippen molar-refractivity contribution in [3.05, 3.63) is 58.1 Å². The van der Waals surface area contributed by atoms with E-state index in [0.717, 1.165) is 5.69 Å². The van der Waals surface area contributed by atoms with Gasteiger partial charge in [-0.05, 0) is 31.2 Å². The summed E-state index contributed by atoms with van der Waals surface area (Å²) in [7, 11) is 0. The largest absolute Gasteiger partial charge is 0.491 e. The quantitative estimate of drug-likeness (QED) is 0.838. The van der Waals surface area contributed by atoms with E-state index in [2.05, 4.69) is 5.32 Å². The molecule has 1 atom stereocenters. The molecular formula is C16H17Cl2NO2. The highest BCUT2D eigenvalue weighted by molar-refractivity contribution is 6.42. The Balaban J connectivity index is 1.77. The molecule has 0 radical (unpaired) electrons. The van der Waals surface area contributed by atoms with Gasteiger partial charge in [0.05, 0.1) is 10.0 Å². The van der Waals surface area contributed by atoms with Gasteiger partial charge in [-0.1, -0.05) is 40.9 Å². The molecule has 0 saturated heterocycles. The van der Waals surface area contributed by atoms with Crippen LogP contribution in [-0.2, 0) is 0 Å². The van der Waals surface area contributed by atoms with Crippen LogP contribution >= 0.6 is 23.2 Å². The average Bonchev–Trinajstić information content (AvgIpc) is 2.48. The lowest BCUT2D eigenvalue weighted by Crippen LogP contribution is -2.26. The molecule has 0 spiro atoms. The minimum Gasteiger partial charge on any atom is -0.491 e. The van der Waals surface area contributed by atoms with Gasteiger partial charge in [0.15, 0.2) is 0 Å². The third kappa shape index (κ3) is 5.12. The van der Waals surface area contributed by atoms with Crippen LogP contribution in [0.4, 0.5) is 5.69 Å². The number of aliphatic hydroxyl groups is 1. The number of hydrogen-bond acceptors (Lipinski definition) is 3. The number of rotatable bonds is 6. The summed E-state index contributed by atoms with van der Waals surface area (Å²) in [4.78, 5) is 0. The lowest BCUT2D eigenvalue weighted by atomic mass is 10.2. The Hall–Kier alpha value is -1.42. The van der Waals surface area contributed by atoms with E-state index < -0.39 is 6.10 Å². The monoisotopic (exact) mass is 325 g/mol. The number of hydrogen-bond donors (Lipinski definition) is 2. The molecule has 0 aliphatic carbocycles. The Morgan fingerprint density at radius 1 is 1.10 bits per heavy atom. The van der Waals surface area contributed by atoms with E-state index in [9.17, 15) is 5.11 Å². The van der Waals surface area contributed by atoms with Crippen molar-refractivity contribution in [3.63, 3.8) is 0 Å². The molecular weight excluding hydrogens is 309 g/mol. The van der Waals surface area contributed by atoms with Gasteiger partial charge in [0.1, 0.15) is 18.5 Å². The highest BCUT2D eigenvalue weighted by atomic mass is 35.5. The zero-order valence-corrected chi connectivity index (χ0v) is 13.2. The van der Waals surface area contributed by atoms with E-state index in [4.69, 9.17) is 27.9 Å². The van der Waals surface area contributed by atoms with Crippen LogP contribution in [0.5, 0.6) is 5.75 Å². The third-order valence-electron chi connectivity index (χ3n) is 2.93. The van der Waals surface area contributed by atoms with Gasteiger partial charge in [-0.3, -0.25) is 0 Å². The fourth-order valence-corrected chi connectivity index (χ4v) is 2.01. The predicted octanol–water partition coefficient (Wildman–Crippen LogP) is 4.15. The van der Waals surface area contributed by atoms with Crippen molar-refractivity contribution < 1.29 is 9.84 Å². The summed E-state index contributed by atoms with van der Waals surface area (Å²) >= 11 is 11.7. The molecule has 2 rings (SSSR count). The number of benzene rings is 2. The van der Waals surface area contributed by atoms with Crippen LogP contribution in [0.3, 0.4) is 0 Å². The predicted molar refractivity (Wildman–Crippen MR) is 87.6 cm³/mol. The fraction of sp³-hybridized carbons (Fsp3) is 0.250. The van der Waals surface area contributed by atoms with Crippen molar-refractivity contribution in [2.75, 3.05) is 18.5 Å². The maximum atomic E-state index is 9.90. The molecule has 0 fully saturated rings. The van der Waals surface area contributed by atoms with Crippen molar-refractivity contribution in [1.29, 1.82) is 0 Å². The van der Waals surface area contributed by atoms with Gasteiger partial charge in [-0.2, -0.15) is 0 Å². The standard InChI is InChI=1S/C16H17Cl2NO2/c1-11-2-4-12(5-3-11)19-9-13(20)10-21-14-6-7-15(17)16(18)8-14/h2-8,13,19-20H,9-10H2,1H3. The Labute approximate surface area is 134 Å². The van der Waals surface area contributed by atoms with Crippen LogP contribution in [0, 0.1) is 6.92 Å². The van der Waals surface area contributed by atoms with Crippen molar-refractivity contribution in [3.8, 4) is 5.75 Å². The van der Waals surface area contributed by atoms with Crippen molar-refractivity contribution in [2.24, 2.45) is 0 Å². The van der Waals surface area contributed by atoms with Gasteiger partial charge in [0.25, 0.3) is 0 Å². The number of ether oxygens (including phenoxy) is 1. The summed E-state index contributed by atoms with van der Waals surface area (Å²) in [6.45, 7) is 2.62. The number of aliphatic hydroxyl groups excluding tert-OH is 1. The Kier molecular flexibility index (Phi) is 5.74. The van der Waals surface area contributed by atoms with Crippen molar-refractivity contribution in [2.45, 2.75) is 13.0 Å². The zero-order chi connectivity index (χ0) is 15.2. The molecule has 2 aromatic carbocycles. The highest BCUT2D eigenvalue weighted by Crippen LogP contribution is 2.26. The molecule has 0 aromatic heterocycles. The van der Waals surface area contributed by atoms with Crippen LogP contribution in [0.25, 0.3) is 0 Å². The smallest absolute Gasteiger partial charge is 0.121 e. The van der Waals surface area contributed by atoms with E-state index in [0.29, 0.717) is 22.3 Å². The lowest BCUT2D eigenvalue weighted by molar-refractivity contribution is 0.117. The van der Waals surface area contributed by atoms with Crippen molar-refractivity contribution >= 4 is 28.9 Å². The number of halogens is 2. The molecule has 0 aliphatic rings. The summed E-state index contributed by atoms with van der Waals surface area (Å²) < 4.78 is 5.48. The maximum Gasteiger partial charge on any atom is 0.121 e. The molecule has 112 valence electrons. The van der Waals surface area contributed by atoms with Gasteiger partial charge >= 0.3 is 0 Å². The topological polar surface area (TPSA) is 41.5 Å². The molecule has 5 heteroatoms. The Morgan fingerprint density at radius 3 is 2.48 bits per heavy atom. The molecule has 3 nitrogen and oxygen atoms in total. The van der Waals surface area contributed by atoms with Gasteiger partial charge in [-0.15, -0.1) is 0 Å². The maximum absolute atomic E-state index is 9.90. The SMILES string of the molecule is Cc1ccc(NCC(O)COc2ccc(Cl)c(Cl)c2)cc1. The molecule has 2 aromatic rings. The van der Waals surface area contributed by atoms with Crippen molar-refractivity contribution in [1.82, 2.24) is 0 Å². The molecule has 0 heterocycles. The van der Waals surface area contributed by atoms with Gasteiger partial charge in [0.2, 0.25) is 0 Å². The summed E-state index contributed by atoms with van der Waals surface area (Å²) in [6, 6.07) is 13.0. The molecule has 1 unspecified atom stereocenters. The van der Waals surface area contributed by atoms with E-state index in [-0.39, 0.29) is 6.61 Å². The Bertz CT molecular complexity index is 587. The first-order chi connectivity index (χ1) is 10.0. The van der Waals surface area contributed by atoms with Crippen LogP contribution in [0.1, 0.15) is 5.56 Å². The summed E-state index contributed by atoms with van der Waals surface area (Å²) in [6.07, 6.45) is -0.624. The third-order valence-corrected chi connectivity index (χ3v) is 3.67.